The van der Waals surface area contributed by atoms with Gasteiger partial charge in [0, 0.05) is 12.4 Å². The Morgan fingerprint density at radius 2 is 2.14 bits per heavy atom. The molecular weight excluding hydrogens is 181 g/mol. The molecule has 2 rings (SSSR count). The van der Waals surface area contributed by atoms with Crippen molar-refractivity contribution in [2.24, 2.45) is 0 Å². The van der Waals surface area contributed by atoms with Crippen molar-refractivity contribution < 1.29 is 4.39 Å². The van der Waals surface area contributed by atoms with Gasteiger partial charge in [-0.2, -0.15) is 0 Å². The van der Waals surface area contributed by atoms with Crippen LogP contribution in [-0.4, -0.2) is 4.98 Å². The first kappa shape index (κ1) is 8.62. The Morgan fingerprint density at radius 3 is 2.86 bits per heavy atom. The lowest BCUT2D eigenvalue weighted by Crippen LogP contribution is -1.95. The number of halogens is 1. The van der Waals surface area contributed by atoms with Gasteiger partial charge in [0.25, 0.3) is 0 Å². The molecule has 1 aromatic heterocycles. The Kier molecular flexibility index (Phi) is 2.10. The number of aromatic nitrogens is 1. The number of benzene rings is 1. The summed E-state index contributed by atoms with van der Waals surface area (Å²) in [5.74, 6) is -0.308. The third-order valence-corrected chi connectivity index (χ3v) is 1.89. The standard InChI is InChI=1S/C10H10FN3/c11-7-1-2-9(12)10(5-7)14-8-3-4-13-6-8/h1-6,13-14H,12H2. The Hall–Kier alpha value is -1.97. The minimum Gasteiger partial charge on any atom is -0.397 e. The molecule has 0 saturated heterocycles. The summed E-state index contributed by atoms with van der Waals surface area (Å²) in [6.45, 7) is 0. The largest absolute Gasteiger partial charge is 0.397 e. The zero-order valence-corrected chi connectivity index (χ0v) is 7.42. The molecule has 1 aromatic carbocycles. The molecule has 0 aliphatic rings. The van der Waals surface area contributed by atoms with Gasteiger partial charge in [0.15, 0.2) is 0 Å². The summed E-state index contributed by atoms with van der Waals surface area (Å²) in [5, 5.41) is 3.00. The van der Waals surface area contributed by atoms with Crippen molar-refractivity contribution in [2.45, 2.75) is 0 Å². The predicted octanol–water partition coefficient (Wildman–Crippen LogP) is 2.48. The molecule has 0 radical (unpaired) electrons. The molecule has 0 aliphatic carbocycles. The van der Waals surface area contributed by atoms with Gasteiger partial charge in [-0.15, -0.1) is 0 Å². The van der Waals surface area contributed by atoms with Crippen LogP contribution in [0.5, 0.6) is 0 Å². The lowest BCUT2D eigenvalue weighted by Gasteiger charge is -2.06. The van der Waals surface area contributed by atoms with Gasteiger partial charge in [-0.05, 0) is 24.3 Å². The van der Waals surface area contributed by atoms with E-state index in [1.54, 1.807) is 12.4 Å². The number of hydrogen-bond donors (Lipinski definition) is 3. The summed E-state index contributed by atoms with van der Waals surface area (Å²) < 4.78 is 12.9. The van der Waals surface area contributed by atoms with Crippen LogP contribution in [0.4, 0.5) is 21.5 Å². The lowest BCUT2D eigenvalue weighted by molar-refractivity contribution is 0.628. The van der Waals surface area contributed by atoms with Crippen molar-refractivity contribution in [3.63, 3.8) is 0 Å². The zero-order valence-electron chi connectivity index (χ0n) is 7.42. The highest BCUT2D eigenvalue weighted by Gasteiger charge is 2.01. The highest BCUT2D eigenvalue weighted by Crippen LogP contribution is 2.23. The monoisotopic (exact) mass is 191 g/mol. The van der Waals surface area contributed by atoms with Gasteiger partial charge in [0.05, 0.1) is 17.1 Å². The van der Waals surface area contributed by atoms with Crippen LogP contribution >= 0.6 is 0 Å². The van der Waals surface area contributed by atoms with Gasteiger partial charge in [0.1, 0.15) is 5.82 Å². The Labute approximate surface area is 80.8 Å². The van der Waals surface area contributed by atoms with E-state index >= 15 is 0 Å². The summed E-state index contributed by atoms with van der Waals surface area (Å²) in [5.41, 5.74) is 7.61. The number of nitrogens with one attached hydrogen (secondary N) is 2. The van der Waals surface area contributed by atoms with Gasteiger partial charge in [-0.1, -0.05) is 0 Å². The fraction of sp³-hybridized carbons (Fsp3) is 0. The molecule has 0 fully saturated rings. The summed E-state index contributed by atoms with van der Waals surface area (Å²) in [6.07, 6.45) is 3.54. The van der Waals surface area contributed by atoms with Crippen LogP contribution in [0.1, 0.15) is 0 Å². The van der Waals surface area contributed by atoms with Crippen molar-refractivity contribution in [1.82, 2.24) is 4.98 Å². The lowest BCUT2D eigenvalue weighted by atomic mass is 10.2. The molecule has 4 N–H and O–H groups in total. The first-order valence-electron chi connectivity index (χ1n) is 4.20. The Balaban J connectivity index is 2.28. The van der Waals surface area contributed by atoms with Crippen molar-refractivity contribution in [2.75, 3.05) is 11.1 Å². The van der Waals surface area contributed by atoms with E-state index in [0.29, 0.717) is 11.4 Å². The van der Waals surface area contributed by atoms with Crippen LogP contribution in [0.3, 0.4) is 0 Å². The molecule has 0 unspecified atom stereocenters. The van der Waals surface area contributed by atoms with E-state index in [4.69, 9.17) is 5.73 Å². The maximum atomic E-state index is 12.9. The van der Waals surface area contributed by atoms with E-state index in [1.807, 2.05) is 6.07 Å². The van der Waals surface area contributed by atoms with Gasteiger partial charge in [-0.3, -0.25) is 0 Å². The number of aromatic amines is 1. The van der Waals surface area contributed by atoms with Crippen LogP contribution in [-0.2, 0) is 0 Å². The summed E-state index contributed by atoms with van der Waals surface area (Å²) >= 11 is 0. The topological polar surface area (TPSA) is 53.8 Å². The second kappa shape index (κ2) is 3.41. The van der Waals surface area contributed by atoms with E-state index in [2.05, 4.69) is 10.3 Å². The second-order valence-corrected chi connectivity index (χ2v) is 2.96. The quantitative estimate of drug-likeness (QED) is 0.639. The van der Waals surface area contributed by atoms with Crippen molar-refractivity contribution >= 4 is 17.1 Å². The summed E-state index contributed by atoms with van der Waals surface area (Å²) in [6, 6.07) is 6.06. The highest BCUT2D eigenvalue weighted by atomic mass is 19.1. The average molecular weight is 191 g/mol. The third-order valence-electron chi connectivity index (χ3n) is 1.89. The van der Waals surface area contributed by atoms with E-state index in [-0.39, 0.29) is 5.82 Å². The number of hydrogen-bond acceptors (Lipinski definition) is 2. The first-order valence-corrected chi connectivity index (χ1v) is 4.20. The minimum absolute atomic E-state index is 0.308. The molecule has 4 heteroatoms. The van der Waals surface area contributed by atoms with E-state index in [9.17, 15) is 4.39 Å². The van der Waals surface area contributed by atoms with Crippen molar-refractivity contribution in [3.05, 3.63) is 42.5 Å². The van der Waals surface area contributed by atoms with Crippen LogP contribution in [0, 0.1) is 5.82 Å². The molecule has 0 saturated carbocycles. The first-order chi connectivity index (χ1) is 6.75. The van der Waals surface area contributed by atoms with Crippen LogP contribution < -0.4 is 11.1 Å². The number of nitrogens with two attached hydrogens (primary N) is 1. The fourth-order valence-corrected chi connectivity index (χ4v) is 1.19. The van der Waals surface area contributed by atoms with E-state index in [0.717, 1.165) is 5.69 Å². The average Bonchev–Trinajstić information content (AvgIpc) is 2.64. The zero-order chi connectivity index (χ0) is 9.97. The summed E-state index contributed by atoms with van der Waals surface area (Å²) in [4.78, 5) is 2.89. The second-order valence-electron chi connectivity index (χ2n) is 2.96. The number of H-pyrrole nitrogens is 1. The molecule has 3 nitrogen and oxygen atoms in total. The van der Waals surface area contributed by atoms with Gasteiger partial charge >= 0.3 is 0 Å². The SMILES string of the molecule is Nc1ccc(F)cc1Nc1cc[nH]c1. The summed E-state index contributed by atoms with van der Waals surface area (Å²) in [7, 11) is 0. The highest BCUT2D eigenvalue weighted by molar-refractivity contribution is 5.72. The Morgan fingerprint density at radius 1 is 1.29 bits per heavy atom. The maximum absolute atomic E-state index is 12.9. The number of nitrogen functional groups attached to an aromatic ring is 1. The van der Waals surface area contributed by atoms with Gasteiger partial charge in [0.2, 0.25) is 0 Å². The molecule has 0 spiro atoms. The minimum atomic E-state index is -0.308. The molecule has 14 heavy (non-hydrogen) atoms. The number of anilines is 3. The smallest absolute Gasteiger partial charge is 0.125 e. The number of rotatable bonds is 2. The molecule has 2 aromatic rings. The van der Waals surface area contributed by atoms with Crippen LogP contribution in [0.2, 0.25) is 0 Å². The van der Waals surface area contributed by atoms with Crippen molar-refractivity contribution in [3.8, 4) is 0 Å². The molecule has 0 atom stereocenters. The fourth-order valence-electron chi connectivity index (χ4n) is 1.19. The van der Waals surface area contributed by atoms with E-state index < -0.39 is 0 Å². The molecule has 0 bridgehead atoms. The molecule has 72 valence electrons. The van der Waals surface area contributed by atoms with E-state index in [1.165, 1.54) is 18.2 Å². The van der Waals surface area contributed by atoms with Crippen LogP contribution in [0.25, 0.3) is 0 Å². The third kappa shape index (κ3) is 1.69. The Bertz CT molecular complexity index is 423. The molecule has 0 amide bonds. The normalized spacial score (nSPS) is 10.1. The van der Waals surface area contributed by atoms with Crippen LogP contribution in [0.15, 0.2) is 36.7 Å². The van der Waals surface area contributed by atoms with Gasteiger partial charge in [-0.25, -0.2) is 4.39 Å². The molecule has 1 heterocycles. The maximum Gasteiger partial charge on any atom is 0.125 e. The predicted molar refractivity (Wildman–Crippen MR) is 54.9 cm³/mol. The molecule has 0 aliphatic heterocycles. The van der Waals surface area contributed by atoms with Crippen molar-refractivity contribution in [1.29, 1.82) is 0 Å². The van der Waals surface area contributed by atoms with Gasteiger partial charge < -0.3 is 16.0 Å². The molecular formula is C10H10FN3.